The third-order valence-corrected chi connectivity index (χ3v) is 3.77. The predicted molar refractivity (Wildman–Crippen MR) is 83.9 cm³/mol. The number of amides is 1. The molecule has 1 atom stereocenters. The van der Waals surface area contributed by atoms with Crippen LogP contribution in [-0.4, -0.2) is 45.6 Å². The first-order chi connectivity index (χ1) is 10.5. The SMILES string of the molecule is O=C(O)CCC(Cc1ccccc1)NC(=O)CSCC(=O)O. The lowest BCUT2D eigenvalue weighted by Gasteiger charge is -2.18. The topological polar surface area (TPSA) is 104 Å². The van der Waals surface area contributed by atoms with E-state index >= 15 is 0 Å². The summed E-state index contributed by atoms with van der Waals surface area (Å²) in [6, 6.07) is 9.20. The van der Waals surface area contributed by atoms with Crippen molar-refractivity contribution in [1.82, 2.24) is 5.32 Å². The lowest BCUT2D eigenvalue weighted by atomic mass is 10.0. The summed E-state index contributed by atoms with van der Waals surface area (Å²) < 4.78 is 0. The van der Waals surface area contributed by atoms with E-state index < -0.39 is 11.9 Å². The molecule has 0 radical (unpaired) electrons. The van der Waals surface area contributed by atoms with E-state index in [0.29, 0.717) is 12.8 Å². The van der Waals surface area contributed by atoms with Gasteiger partial charge in [0.25, 0.3) is 0 Å². The Labute approximate surface area is 132 Å². The zero-order valence-electron chi connectivity index (χ0n) is 12.0. The Hall–Kier alpha value is -2.02. The Bertz CT molecular complexity index is 506. The lowest BCUT2D eigenvalue weighted by Crippen LogP contribution is -2.38. The van der Waals surface area contributed by atoms with Crippen molar-refractivity contribution in [2.45, 2.75) is 25.3 Å². The Morgan fingerprint density at radius 3 is 2.32 bits per heavy atom. The third kappa shape index (κ3) is 8.31. The van der Waals surface area contributed by atoms with Gasteiger partial charge in [0.2, 0.25) is 5.91 Å². The van der Waals surface area contributed by atoms with Crippen molar-refractivity contribution < 1.29 is 24.6 Å². The van der Waals surface area contributed by atoms with Crippen LogP contribution in [0.2, 0.25) is 0 Å². The van der Waals surface area contributed by atoms with Crippen LogP contribution in [0.4, 0.5) is 0 Å². The monoisotopic (exact) mass is 325 g/mol. The van der Waals surface area contributed by atoms with Gasteiger partial charge in [-0.25, -0.2) is 0 Å². The quantitative estimate of drug-likeness (QED) is 0.601. The van der Waals surface area contributed by atoms with E-state index in [9.17, 15) is 14.4 Å². The van der Waals surface area contributed by atoms with Crippen molar-refractivity contribution in [1.29, 1.82) is 0 Å². The molecule has 120 valence electrons. The molecule has 0 aromatic heterocycles. The molecular weight excluding hydrogens is 306 g/mol. The highest BCUT2D eigenvalue weighted by Gasteiger charge is 2.15. The first-order valence-electron chi connectivity index (χ1n) is 6.82. The maximum atomic E-state index is 11.8. The molecule has 1 rings (SSSR count). The van der Waals surface area contributed by atoms with Crippen molar-refractivity contribution in [3.8, 4) is 0 Å². The number of hydrogen-bond acceptors (Lipinski definition) is 4. The minimum absolute atomic E-state index is 0.0277. The van der Waals surface area contributed by atoms with E-state index in [-0.39, 0.29) is 29.9 Å². The van der Waals surface area contributed by atoms with Crippen molar-refractivity contribution in [2.75, 3.05) is 11.5 Å². The fourth-order valence-electron chi connectivity index (χ4n) is 1.92. The summed E-state index contributed by atoms with van der Waals surface area (Å²) in [5.41, 5.74) is 1.01. The van der Waals surface area contributed by atoms with Crippen LogP contribution >= 0.6 is 11.8 Å². The number of carboxylic acids is 2. The summed E-state index contributed by atoms with van der Waals surface area (Å²) in [6.07, 6.45) is 0.850. The van der Waals surface area contributed by atoms with E-state index in [1.54, 1.807) is 0 Å². The number of carbonyl (C=O) groups excluding carboxylic acids is 1. The second-order valence-corrected chi connectivity index (χ2v) is 5.76. The highest BCUT2D eigenvalue weighted by atomic mass is 32.2. The zero-order valence-corrected chi connectivity index (χ0v) is 12.8. The molecule has 1 amide bonds. The van der Waals surface area contributed by atoms with Crippen molar-refractivity contribution in [2.24, 2.45) is 0 Å². The van der Waals surface area contributed by atoms with Crippen molar-refractivity contribution in [3.63, 3.8) is 0 Å². The van der Waals surface area contributed by atoms with Gasteiger partial charge in [0.05, 0.1) is 11.5 Å². The van der Waals surface area contributed by atoms with Crippen LogP contribution in [0.5, 0.6) is 0 Å². The molecule has 6 nitrogen and oxygen atoms in total. The van der Waals surface area contributed by atoms with Gasteiger partial charge in [-0.3, -0.25) is 14.4 Å². The number of carboxylic acid groups (broad SMARTS) is 2. The van der Waals surface area contributed by atoms with Crippen LogP contribution in [0.15, 0.2) is 30.3 Å². The van der Waals surface area contributed by atoms with Gasteiger partial charge in [0, 0.05) is 12.5 Å². The first-order valence-corrected chi connectivity index (χ1v) is 7.97. The van der Waals surface area contributed by atoms with Gasteiger partial charge >= 0.3 is 11.9 Å². The molecule has 0 saturated carbocycles. The molecule has 0 heterocycles. The fraction of sp³-hybridized carbons (Fsp3) is 0.400. The van der Waals surface area contributed by atoms with Crippen LogP contribution in [0, 0.1) is 0 Å². The Morgan fingerprint density at radius 1 is 1.05 bits per heavy atom. The first kappa shape index (κ1) is 18.0. The summed E-state index contributed by atoms with van der Waals surface area (Å²) in [6.45, 7) is 0. The van der Waals surface area contributed by atoms with E-state index in [4.69, 9.17) is 10.2 Å². The molecule has 0 spiro atoms. The number of thioether (sulfide) groups is 1. The number of nitrogens with one attached hydrogen (secondary N) is 1. The largest absolute Gasteiger partial charge is 0.481 e. The molecule has 0 saturated heterocycles. The lowest BCUT2D eigenvalue weighted by molar-refractivity contribution is -0.137. The van der Waals surface area contributed by atoms with Gasteiger partial charge < -0.3 is 15.5 Å². The van der Waals surface area contributed by atoms with Crippen LogP contribution in [0.3, 0.4) is 0 Å². The molecule has 0 aliphatic carbocycles. The number of hydrogen-bond donors (Lipinski definition) is 3. The summed E-state index contributed by atoms with van der Waals surface area (Å²) in [7, 11) is 0. The fourth-order valence-corrected chi connectivity index (χ4v) is 2.47. The molecule has 0 bridgehead atoms. The molecular formula is C15H19NO5S. The standard InChI is InChI=1S/C15H19NO5S/c17-13(9-22-10-15(20)21)16-12(6-7-14(18)19)8-11-4-2-1-3-5-11/h1-5,12H,6-10H2,(H,16,17)(H,18,19)(H,20,21). The molecule has 1 unspecified atom stereocenters. The van der Waals surface area contributed by atoms with Crippen LogP contribution in [-0.2, 0) is 20.8 Å². The molecule has 0 fully saturated rings. The van der Waals surface area contributed by atoms with E-state index in [1.807, 2.05) is 30.3 Å². The van der Waals surface area contributed by atoms with Crippen molar-refractivity contribution in [3.05, 3.63) is 35.9 Å². The van der Waals surface area contributed by atoms with Crippen LogP contribution in [0.25, 0.3) is 0 Å². The molecule has 22 heavy (non-hydrogen) atoms. The van der Waals surface area contributed by atoms with Gasteiger partial charge in [-0.2, -0.15) is 0 Å². The average Bonchev–Trinajstić information content (AvgIpc) is 2.45. The molecule has 3 N–H and O–H groups in total. The van der Waals surface area contributed by atoms with E-state index in [1.165, 1.54) is 0 Å². The van der Waals surface area contributed by atoms with E-state index in [0.717, 1.165) is 17.3 Å². The van der Waals surface area contributed by atoms with Gasteiger partial charge in [-0.1, -0.05) is 30.3 Å². The van der Waals surface area contributed by atoms with Gasteiger partial charge in [-0.05, 0) is 18.4 Å². The number of rotatable bonds is 10. The maximum absolute atomic E-state index is 11.8. The summed E-state index contributed by atoms with van der Waals surface area (Å²) in [5.74, 6) is -2.24. The van der Waals surface area contributed by atoms with Gasteiger partial charge in [0.15, 0.2) is 0 Å². The summed E-state index contributed by atoms with van der Waals surface area (Å²) >= 11 is 1.01. The van der Waals surface area contributed by atoms with Crippen LogP contribution in [0.1, 0.15) is 18.4 Å². The zero-order chi connectivity index (χ0) is 16.4. The average molecular weight is 325 g/mol. The highest BCUT2D eigenvalue weighted by molar-refractivity contribution is 8.00. The molecule has 0 aliphatic heterocycles. The number of benzene rings is 1. The van der Waals surface area contributed by atoms with Crippen molar-refractivity contribution >= 4 is 29.6 Å². The summed E-state index contributed by atoms with van der Waals surface area (Å²) in [5, 5.41) is 20.1. The normalized spacial score (nSPS) is 11.6. The Morgan fingerprint density at radius 2 is 1.73 bits per heavy atom. The third-order valence-electron chi connectivity index (χ3n) is 2.86. The van der Waals surface area contributed by atoms with Crippen LogP contribution < -0.4 is 5.32 Å². The van der Waals surface area contributed by atoms with Gasteiger partial charge in [0.1, 0.15) is 0 Å². The molecule has 0 aliphatic rings. The Balaban J connectivity index is 2.51. The highest BCUT2D eigenvalue weighted by Crippen LogP contribution is 2.09. The Kier molecular flexibility index (Phi) is 8.06. The second-order valence-electron chi connectivity index (χ2n) is 4.77. The molecule has 1 aromatic rings. The maximum Gasteiger partial charge on any atom is 0.313 e. The minimum Gasteiger partial charge on any atom is -0.481 e. The minimum atomic E-state index is -0.968. The second kappa shape index (κ2) is 9.83. The number of carbonyl (C=O) groups is 3. The molecule has 1 aromatic carbocycles. The smallest absolute Gasteiger partial charge is 0.313 e. The number of aliphatic carboxylic acids is 2. The summed E-state index contributed by atoms with van der Waals surface area (Å²) in [4.78, 5) is 32.9. The van der Waals surface area contributed by atoms with E-state index in [2.05, 4.69) is 5.32 Å². The van der Waals surface area contributed by atoms with Gasteiger partial charge in [-0.15, -0.1) is 11.8 Å². The molecule has 7 heteroatoms. The predicted octanol–water partition coefficient (Wildman–Crippen LogP) is 1.40.